The Hall–Kier alpha value is -3.64. The van der Waals surface area contributed by atoms with Crippen LogP contribution in [0.5, 0.6) is 0 Å². The van der Waals surface area contributed by atoms with Crippen LogP contribution in [0.3, 0.4) is 0 Å². The van der Waals surface area contributed by atoms with E-state index in [1.807, 2.05) is 16.9 Å². The van der Waals surface area contributed by atoms with E-state index in [-0.39, 0.29) is 17.9 Å². The third-order valence-corrected chi connectivity index (χ3v) is 8.21. The number of carbonyl (C=O) groups is 1. The molecule has 3 aromatic rings. The van der Waals surface area contributed by atoms with Crippen molar-refractivity contribution < 1.29 is 9.53 Å². The second-order valence-corrected chi connectivity index (χ2v) is 10.5. The first-order valence-electron chi connectivity index (χ1n) is 13.3. The highest BCUT2D eigenvalue weighted by Crippen LogP contribution is 2.33. The number of amides is 1. The summed E-state index contributed by atoms with van der Waals surface area (Å²) in [6.07, 6.45) is 11.7. The van der Waals surface area contributed by atoms with Gasteiger partial charge in [-0.3, -0.25) is 4.79 Å². The molecule has 37 heavy (non-hydrogen) atoms. The summed E-state index contributed by atoms with van der Waals surface area (Å²) in [5.74, 6) is 1.16. The zero-order valence-electron chi connectivity index (χ0n) is 21.3. The number of nitriles is 1. The van der Waals surface area contributed by atoms with Crippen molar-refractivity contribution in [3.05, 3.63) is 42.4 Å². The number of hydrogen-bond donors (Lipinski definition) is 1. The highest BCUT2D eigenvalue weighted by molar-refractivity contribution is 5.86. The number of pyridine rings is 2. The van der Waals surface area contributed by atoms with E-state index in [1.54, 1.807) is 13.3 Å². The van der Waals surface area contributed by atoms with E-state index in [9.17, 15) is 10.1 Å². The number of anilines is 2. The molecule has 1 saturated carbocycles. The fourth-order valence-corrected chi connectivity index (χ4v) is 5.86. The molecule has 9 heteroatoms. The first kappa shape index (κ1) is 23.7. The Kier molecular flexibility index (Phi) is 6.43. The van der Waals surface area contributed by atoms with Crippen LogP contribution in [-0.2, 0) is 9.53 Å². The fourth-order valence-electron chi connectivity index (χ4n) is 5.86. The van der Waals surface area contributed by atoms with Crippen molar-refractivity contribution in [2.45, 2.75) is 50.7 Å². The number of methoxy groups -OCH3 is 1. The van der Waals surface area contributed by atoms with Crippen molar-refractivity contribution in [3.8, 4) is 17.2 Å². The van der Waals surface area contributed by atoms with Crippen LogP contribution < -0.4 is 15.1 Å². The maximum Gasteiger partial charge on any atom is 0.223 e. The maximum atomic E-state index is 12.7. The molecule has 9 nitrogen and oxygen atoms in total. The zero-order valence-corrected chi connectivity index (χ0v) is 21.3. The Balaban J connectivity index is 1.16. The molecule has 3 aromatic heterocycles. The summed E-state index contributed by atoms with van der Waals surface area (Å²) < 4.78 is 7.14. The molecule has 5 heterocycles. The van der Waals surface area contributed by atoms with Crippen LogP contribution in [0, 0.1) is 17.2 Å². The lowest BCUT2D eigenvalue weighted by Crippen LogP contribution is -2.50. The van der Waals surface area contributed by atoms with Gasteiger partial charge in [-0.25, -0.2) is 9.50 Å². The number of ether oxygens (including phenoxy) is 1. The van der Waals surface area contributed by atoms with E-state index >= 15 is 0 Å². The standard InChI is InChI=1S/C28H33N7O2/c1-37-24-12-22(13-24)32-28(36)19-6-10-34(11-7-19)26-5-4-20(16-30-26)25-14-23(33-8-2-3-9-33)18-35-27(25)21(15-29)17-31-35/h4-5,14,16-19,22,24H,2-3,6-13H2,1H3,(H,32,36). The number of carbonyl (C=O) groups excluding carboxylic acids is 1. The van der Waals surface area contributed by atoms with Crippen molar-refractivity contribution in [3.63, 3.8) is 0 Å². The van der Waals surface area contributed by atoms with Gasteiger partial charge in [0.15, 0.2) is 0 Å². The third-order valence-electron chi connectivity index (χ3n) is 8.21. The van der Waals surface area contributed by atoms with E-state index in [0.29, 0.717) is 11.7 Å². The Morgan fingerprint density at radius 1 is 1.11 bits per heavy atom. The third kappa shape index (κ3) is 4.62. The van der Waals surface area contributed by atoms with E-state index in [2.05, 4.69) is 44.5 Å². The summed E-state index contributed by atoms with van der Waals surface area (Å²) in [6, 6.07) is 8.85. The summed E-state index contributed by atoms with van der Waals surface area (Å²) in [6.45, 7) is 3.70. The molecule has 0 radical (unpaired) electrons. The monoisotopic (exact) mass is 499 g/mol. The number of rotatable bonds is 6. The topological polar surface area (TPSA) is 98.8 Å². The minimum Gasteiger partial charge on any atom is -0.381 e. The lowest BCUT2D eigenvalue weighted by atomic mass is 9.88. The number of hydrogen-bond acceptors (Lipinski definition) is 7. The minimum absolute atomic E-state index is 0.0602. The number of nitrogens with zero attached hydrogens (tertiary/aromatic N) is 6. The molecular formula is C28H33N7O2. The van der Waals surface area contributed by atoms with Gasteiger partial charge in [0.25, 0.3) is 0 Å². The highest BCUT2D eigenvalue weighted by Gasteiger charge is 2.33. The van der Waals surface area contributed by atoms with Crippen LogP contribution in [0.2, 0.25) is 0 Å². The molecular weight excluding hydrogens is 466 g/mol. The van der Waals surface area contributed by atoms with Crippen LogP contribution in [0.4, 0.5) is 11.5 Å². The van der Waals surface area contributed by atoms with Crippen molar-refractivity contribution in [2.75, 3.05) is 43.1 Å². The second-order valence-electron chi connectivity index (χ2n) is 10.5. The van der Waals surface area contributed by atoms with Crippen LogP contribution in [0.15, 0.2) is 36.8 Å². The van der Waals surface area contributed by atoms with Gasteiger partial charge < -0.3 is 19.9 Å². The first-order valence-corrected chi connectivity index (χ1v) is 13.3. The van der Waals surface area contributed by atoms with Gasteiger partial charge in [0, 0.05) is 62.6 Å². The highest BCUT2D eigenvalue weighted by atomic mass is 16.5. The van der Waals surface area contributed by atoms with Crippen molar-refractivity contribution in [1.29, 1.82) is 5.26 Å². The fraction of sp³-hybridized carbons (Fsp3) is 0.500. The largest absolute Gasteiger partial charge is 0.381 e. The Morgan fingerprint density at radius 3 is 2.57 bits per heavy atom. The number of aromatic nitrogens is 3. The minimum atomic E-state index is 0.0602. The normalized spacial score (nSPS) is 22.2. The van der Waals surface area contributed by atoms with Crippen molar-refractivity contribution in [2.24, 2.45) is 5.92 Å². The average Bonchev–Trinajstić information content (AvgIpc) is 3.60. The molecule has 0 spiro atoms. The predicted octanol–water partition coefficient (Wildman–Crippen LogP) is 3.38. The van der Waals surface area contributed by atoms with Gasteiger partial charge in [-0.15, -0.1) is 0 Å². The molecule has 2 saturated heterocycles. The molecule has 1 aliphatic carbocycles. The van der Waals surface area contributed by atoms with Crippen LogP contribution in [-0.4, -0.2) is 65.9 Å². The molecule has 6 rings (SSSR count). The maximum absolute atomic E-state index is 12.7. The van der Waals surface area contributed by atoms with Crippen LogP contribution >= 0.6 is 0 Å². The van der Waals surface area contributed by atoms with Gasteiger partial charge in [0.1, 0.15) is 11.9 Å². The summed E-state index contributed by atoms with van der Waals surface area (Å²) in [4.78, 5) is 22.1. The lowest BCUT2D eigenvalue weighted by Gasteiger charge is -2.37. The van der Waals surface area contributed by atoms with Crippen molar-refractivity contribution in [1.82, 2.24) is 19.9 Å². The Bertz CT molecular complexity index is 1310. The molecule has 0 aromatic carbocycles. The van der Waals surface area contributed by atoms with E-state index in [4.69, 9.17) is 9.72 Å². The van der Waals surface area contributed by atoms with E-state index < -0.39 is 0 Å². The van der Waals surface area contributed by atoms with E-state index in [1.165, 1.54) is 12.8 Å². The molecule has 192 valence electrons. The summed E-state index contributed by atoms with van der Waals surface area (Å²) >= 11 is 0. The van der Waals surface area contributed by atoms with Gasteiger partial charge in [-0.1, -0.05) is 0 Å². The van der Waals surface area contributed by atoms with Gasteiger partial charge in [0.2, 0.25) is 5.91 Å². The quantitative estimate of drug-likeness (QED) is 0.555. The van der Waals surface area contributed by atoms with Crippen LogP contribution in [0.25, 0.3) is 16.6 Å². The van der Waals surface area contributed by atoms with E-state index in [0.717, 1.165) is 80.0 Å². The second kappa shape index (κ2) is 10.0. The molecule has 0 bridgehead atoms. The van der Waals surface area contributed by atoms with Gasteiger partial charge in [0.05, 0.1) is 35.3 Å². The SMILES string of the molecule is COC1CC(NC(=O)C2CCN(c3ccc(-c4cc(N5CCCC5)cn5ncc(C#N)c45)cn3)CC2)C1. The smallest absolute Gasteiger partial charge is 0.223 e. The number of piperidine rings is 1. The molecule has 3 aliphatic rings. The summed E-state index contributed by atoms with van der Waals surface area (Å²) in [5.41, 5.74) is 4.44. The lowest BCUT2D eigenvalue weighted by molar-refractivity contribution is -0.128. The molecule has 1 N–H and O–H groups in total. The van der Waals surface area contributed by atoms with Crippen LogP contribution in [0.1, 0.15) is 44.1 Å². The molecule has 1 amide bonds. The first-order chi connectivity index (χ1) is 18.1. The number of fused-ring (bicyclic) bond motifs is 1. The van der Waals surface area contributed by atoms with Gasteiger partial charge >= 0.3 is 0 Å². The predicted molar refractivity (Wildman–Crippen MR) is 141 cm³/mol. The van der Waals surface area contributed by atoms with Gasteiger partial charge in [-0.2, -0.15) is 10.4 Å². The average molecular weight is 500 g/mol. The molecule has 0 unspecified atom stereocenters. The molecule has 2 aliphatic heterocycles. The zero-order chi connectivity index (χ0) is 25.4. The molecule has 0 atom stereocenters. The summed E-state index contributed by atoms with van der Waals surface area (Å²) in [5, 5.41) is 17.3. The summed E-state index contributed by atoms with van der Waals surface area (Å²) in [7, 11) is 1.73. The Morgan fingerprint density at radius 2 is 1.89 bits per heavy atom. The molecule has 3 fully saturated rings. The Labute approximate surface area is 217 Å². The van der Waals surface area contributed by atoms with Crippen molar-refractivity contribution >= 4 is 22.9 Å². The number of nitrogens with one attached hydrogen (secondary N) is 1. The van der Waals surface area contributed by atoms with Gasteiger partial charge in [-0.05, 0) is 56.7 Å².